The molecule has 1 saturated heterocycles. The molecule has 0 bridgehead atoms. The SMILES string of the molecule is C[Si](C)(CCCC(=O)O)O[Si](C)(C)CSc1ncc(CN2C(=O)C=CC2=O)cn1.C[Si](C)(CCCC(=O)ON1C(=O)CCC1=O)O[Si](C)(C)CSc1ncc(CN2C(=O)C=CC2=O)cn1.C[Si](C)(CCCOC=O)O[Si](C)(C)CCCC(=O)O.C[Si](C)(CSc1ncc(CN2C(=O)C=CC2=O)cn1)O[Si](C)(C)CSc1ncc(CN2C(=O)C=CC2=O)cn1. The lowest BCUT2D eigenvalue weighted by atomic mass is 10.3. The van der Waals surface area contributed by atoms with Crippen molar-refractivity contribution in [2.45, 2.75) is 234 Å². The maximum Gasteiger partial charge on any atom is 0.333 e. The predicted octanol–water partition coefficient (Wildman–Crippen LogP) is 10.5. The summed E-state index contributed by atoms with van der Waals surface area (Å²) in [6.45, 7) is 35.9. The quantitative estimate of drug-likeness (QED) is 0.0104. The van der Waals surface area contributed by atoms with Crippen LogP contribution in [0.15, 0.2) is 119 Å². The molecule has 47 heteroatoms. The van der Waals surface area contributed by atoms with E-state index in [1.54, 1.807) is 49.6 Å². The average molecular weight is 1910 g/mol. The van der Waals surface area contributed by atoms with Gasteiger partial charge in [0, 0.05) is 174 Å². The zero-order chi connectivity index (χ0) is 91.3. The molecule has 4 aromatic rings. The minimum absolute atomic E-state index is 0.0745. The van der Waals surface area contributed by atoms with Crippen molar-refractivity contribution >= 4 is 197 Å². The number of aliphatic carboxylic acids is 2. The molecule has 4 aromatic heterocycles. The largest absolute Gasteiger partial charge is 0.481 e. The Labute approximate surface area is 741 Å². The fourth-order valence-corrected chi connectivity index (χ4v) is 54.1. The van der Waals surface area contributed by atoms with Crippen molar-refractivity contribution in [3.63, 3.8) is 0 Å². The first-order valence-corrected chi connectivity index (χ1v) is 68.5. The number of rotatable bonds is 46. The molecule has 9 rings (SSSR count). The van der Waals surface area contributed by atoms with E-state index in [1.807, 2.05) is 0 Å². The van der Waals surface area contributed by atoms with Crippen LogP contribution in [-0.2, 0) is 119 Å². The van der Waals surface area contributed by atoms with Crippen LogP contribution in [0.3, 0.4) is 0 Å². The lowest BCUT2D eigenvalue weighted by Gasteiger charge is -2.34. The van der Waals surface area contributed by atoms with Crippen molar-refractivity contribution in [2.24, 2.45) is 0 Å². The van der Waals surface area contributed by atoms with Crippen molar-refractivity contribution in [3.8, 4) is 0 Å². The van der Waals surface area contributed by atoms with Crippen LogP contribution in [0.1, 0.15) is 80.0 Å². The van der Waals surface area contributed by atoms with Gasteiger partial charge in [-0.3, -0.25) is 81.9 Å². The molecule has 0 aliphatic carbocycles. The number of carboxylic acid groups (broad SMARTS) is 2. The topological polar surface area (TPSA) is 454 Å². The predicted molar refractivity (Wildman–Crippen MR) is 480 cm³/mol. The Balaban J connectivity index is 0.000000261. The number of thioether (sulfide) groups is 4. The van der Waals surface area contributed by atoms with Crippen molar-refractivity contribution in [3.05, 3.63) is 120 Å². The van der Waals surface area contributed by atoms with Crippen molar-refractivity contribution in [1.82, 2.24) is 64.5 Å². The van der Waals surface area contributed by atoms with Crippen LogP contribution in [0.5, 0.6) is 0 Å². The lowest BCUT2D eigenvalue weighted by Crippen LogP contribution is -2.48. The second-order valence-electron chi connectivity index (χ2n) is 34.0. The first kappa shape index (κ1) is 104. The number of amides is 10. The van der Waals surface area contributed by atoms with Gasteiger partial charge in [-0.25, -0.2) is 44.7 Å². The van der Waals surface area contributed by atoms with Gasteiger partial charge in [0.2, 0.25) is 0 Å². The number of carbonyl (C=O) groups is 14. The fraction of sp³-hybridized carbons (Fsp3) is 0.500. The average Bonchev–Trinajstić information content (AvgIpc) is 1.77. The molecule has 35 nitrogen and oxygen atoms in total. The molecule has 5 aliphatic rings. The summed E-state index contributed by atoms with van der Waals surface area (Å²) in [5, 5.41) is 23.6. The lowest BCUT2D eigenvalue weighted by molar-refractivity contribution is -0.197. The highest BCUT2D eigenvalue weighted by Crippen LogP contribution is 2.32. The Kier molecular flexibility index (Phi) is 39.9. The Morgan fingerprint density at radius 3 is 0.805 bits per heavy atom. The molecule has 2 N–H and O–H groups in total. The molecule has 9 heterocycles. The number of carbonyl (C=O) groups excluding carboxylic acids is 12. The Bertz CT molecular complexity index is 4390. The zero-order valence-corrected chi connectivity index (χ0v) is 83.6. The van der Waals surface area contributed by atoms with Crippen LogP contribution < -0.4 is 0 Å². The van der Waals surface area contributed by atoms with Gasteiger partial charge in [-0.2, -0.15) is 0 Å². The van der Waals surface area contributed by atoms with Gasteiger partial charge in [-0.15, -0.1) is 5.06 Å². The van der Waals surface area contributed by atoms with Crippen LogP contribution in [0.4, 0.5) is 0 Å². The molecular weight excluding hydrogens is 1800 g/mol. The second-order valence-corrected chi connectivity index (χ2v) is 74.6. The molecule has 1 fully saturated rings. The smallest absolute Gasteiger partial charge is 0.333 e. The normalized spacial score (nSPS) is 15.2. The monoisotopic (exact) mass is 1910 g/mol. The molecule has 0 spiro atoms. The highest BCUT2D eigenvalue weighted by Gasteiger charge is 2.39. The third kappa shape index (κ3) is 38.3. The molecule has 0 atom stereocenters. The highest BCUT2D eigenvalue weighted by atomic mass is 32.2. The number of hydrogen-bond donors (Lipinski definition) is 2. The first-order valence-electron chi connectivity index (χ1n) is 39.7. The molecule has 10 amide bonds. The van der Waals surface area contributed by atoms with E-state index in [-0.39, 0.29) is 106 Å². The van der Waals surface area contributed by atoms with Gasteiger partial charge >= 0.3 is 17.9 Å². The molecule has 0 radical (unpaired) electrons. The van der Waals surface area contributed by atoms with Crippen molar-refractivity contribution in [1.29, 1.82) is 0 Å². The van der Waals surface area contributed by atoms with Gasteiger partial charge in [0.25, 0.3) is 65.5 Å². The summed E-state index contributed by atoms with van der Waals surface area (Å²) in [5.41, 5.74) is 2.74. The standard InChI is InChI=1S/C24H28N6O5S2Si2.C22H30N4O7SSi2.C18H27N3O5SSi2.C12H26O5Si2/c1-38(2,15-36-23-25-9-17(10-26-23)13-29-19(31)5-6-20(29)32)35-39(3,4)16-37-24-27-11-18(12-28-24)14-30-21(33)7-8-22(30)34;1-35(2,11-5-6-21(31)32-26-19(29)9-10-20(26)30)33-36(3,4)15-34-22-23-12-16(13-24-22)14-25-17(27)7-8-18(25)28;1-28(2,9-5-6-17(24)25)26-29(3,4)13-27-18-19-10-14(11-20-18)12-21-15(22)7-8-16(21)23;1-18(2,9-5-7-12(14)15)17-19(3,4)10-6-8-16-11-13/h5-12H,13-16H2,1-4H3;7-8,12-13H,5-6,9-11,14-15H2,1-4H3;7-8,10-11H,5-6,9,12-13H2,1-4H3,(H,24,25);11H,5-10H2,1-4H3,(H,14,15). The number of ether oxygens (including phenoxy) is 1. The van der Waals surface area contributed by atoms with Gasteiger partial charge in [0.15, 0.2) is 87.2 Å². The van der Waals surface area contributed by atoms with Gasteiger partial charge in [0.05, 0.1) is 32.8 Å². The van der Waals surface area contributed by atoms with E-state index in [4.69, 9.17) is 31.5 Å². The summed E-state index contributed by atoms with van der Waals surface area (Å²) in [7, 11) is -15.7. The van der Waals surface area contributed by atoms with E-state index < -0.39 is 96.3 Å². The van der Waals surface area contributed by atoms with E-state index in [0.29, 0.717) is 80.3 Å². The van der Waals surface area contributed by atoms with Crippen molar-refractivity contribution in [2.75, 3.05) is 28.1 Å². The Morgan fingerprint density at radius 1 is 0.350 bits per heavy atom. The number of aromatic nitrogens is 8. The second kappa shape index (κ2) is 47.4. The highest BCUT2D eigenvalue weighted by molar-refractivity contribution is 8.01. The third-order valence-electron chi connectivity index (χ3n) is 17.9. The van der Waals surface area contributed by atoms with E-state index in [2.05, 4.69) is 149 Å². The summed E-state index contributed by atoms with van der Waals surface area (Å²) in [6, 6.07) is 3.39. The Hall–Kier alpha value is -8.16. The molecule has 0 unspecified atom stereocenters. The molecule has 5 aliphatic heterocycles. The molecular formula is C76H111N13O22S4Si8. The summed E-state index contributed by atoms with van der Waals surface area (Å²) in [4.78, 5) is 204. The first-order chi connectivity index (χ1) is 57.4. The molecule has 0 saturated carbocycles. The molecule has 668 valence electrons. The van der Waals surface area contributed by atoms with Gasteiger partial charge < -0.3 is 36.2 Å². The number of imide groups is 5. The molecule has 123 heavy (non-hydrogen) atoms. The van der Waals surface area contributed by atoms with Gasteiger partial charge in [-0.05, 0) is 155 Å². The minimum Gasteiger partial charge on any atom is -0.481 e. The number of hydrogen-bond acceptors (Lipinski definition) is 32. The van der Waals surface area contributed by atoms with E-state index >= 15 is 0 Å². The number of hydroxylamine groups is 2. The zero-order valence-electron chi connectivity index (χ0n) is 72.4. The maximum absolute atomic E-state index is 12.0. The van der Waals surface area contributed by atoms with Crippen LogP contribution in [-0.4, -0.2) is 253 Å². The van der Waals surface area contributed by atoms with Crippen LogP contribution in [0, 0.1) is 0 Å². The van der Waals surface area contributed by atoms with E-state index in [9.17, 15) is 67.1 Å². The van der Waals surface area contributed by atoms with Crippen LogP contribution in [0.2, 0.25) is 129 Å². The van der Waals surface area contributed by atoms with E-state index in [1.165, 1.54) is 95.7 Å². The maximum atomic E-state index is 12.0. The van der Waals surface area contributed by atoms with Gasteiger partial charge in [0.1, 0.15) is 0 Å². The Morgan fingerprint density at radius 2 is 0.569 bits per heavy atom. The number of nitrogens with zero attached hydrogens (tertiary/aromatic N) is 13. The fourth-order valence-electron chi connectivity index (χ4n) is 12.8. The summed E-state index contributed by atoms with van der Waals surface area (Å²) in [5.74, 6) is -5.73. The van der Waals surface area contributed by atoms with E-state index in [0.717, 1.165) is 71.7 Å². The summed E-state index contributed by atoms with van der Waals surface area (Å²) >= 11 is 6.11. The van der Waals surface area contributed by atoms with Crippen molar-refractivity contribution < 1.29 is 103 Å². The van der Waals surface area contributed by atoms with Crippen LogP contribution in [0.25, 0.3) is 0 Å². The minimum atomic E-state index is -2.08. The van der Waals surface area contributed by atoms with Gasteiger partial charge in [-0.1, -0.05) is 47.0 Å². The summed E-state index contributed by atoms with van der Waals surface area (Å²) < 4.78 is 30.8. The summed E-state index contributed by atoms with van der Waals surface area (Å²) in [6.07, 6.45) is 26.5. The number of carboxylic acids is 2. The third-order valence-corrected chi connectivity index (χ3v) is 57.1. The van der Waals surface area contributed by atoms with Crippen LogP contribution >= 0.6 is 47.0 Å². The molecule has 0 aromatic carbocycles.